The number of likely N-dealkylation sites (N-methyl/N-ethyl adjacent to an activating group) is 1. The van der Waals surface area contributed by atoms with Crippen LogP contribution in [0.1, 0.15) is 6.23 Å². The van der Waals surface area contributed by atoms with E-state index in [4.69, 9.17) is 20.5 Å². The van der Waals surface area contributed by atoms with Crippen LogP contribution in [0.2, 0.25) is 0 Å². The molecule has 1 fully saturated rings. The Morgan fingerprint density at radius 1 is 1.48 bits per heavy atom. The molecule has 0 amide bonds. The molecule has 0 saturated carbocycles. The van der Waals surface area contributed by atoms with E-state index in [1.54, 1.807) is 14.1 Å². The van der Waals surface area contributed by atoms with Crippen LogP contribution in [0.25, 0.3) is 0 Å². The van der Waals surface area contributed by atoms with E-state index in [2.05, 4.69) is 4.98 Å². The summed E-state index contributed by atoms with van der Waals surface area (Å²) in [4.78, 5) is 27.1. The maximum atomic E-state index is 12.0. The molecular weight excluding hydrogens is 347 g/mol. The fraction of sp³-hybridized carbons (Fsp3) is 0.667. The molecule has 130 valence electrons. The van der Waals surface area contributed by atoms with Gasteiger partial charge in [0.25, 0.3) is 5.56 Å². The van der Waals surface area contributed by atoms with Crippen molar-refractivity contribution >= 4 is 18.1 Å². The zero-order valence-electron chi connectivity index (χ0n) is 13.1. The van der Waals surface area contributed by atoms with Crippen LogP contribution in [0.4, 0.5) is 0 Å². The summed E-state index contributed by atoms with van der Waals surface area (Å²) in [5.74, 6) is 0. The molecule has 1 aromatic heterocycles. The molecule has 1 saturated heterocycles. The van der Waals surface area contributed by atoms with E-state index < -0.39 is 30.5 Å². The number of aromatic nitrogens is 2. The standard InChI is InChI=1S/C12H20ClN4O5P/c1-15(2)23(13,20)21-8-9-6-16(3)7-11(22-9)17-5-4-10(18)14-12(17)19/h4-5,9,11H,6-8H2,1-3H3,(H,14,18,19)/t9-,11?,23?/m0/s1. The number of H-pyrrole nitrogens is 1. The highest BCUT2D eigenvalue weighted by Gasteiger charge is 2.31. The summed E-state index contributed by atoms with van der Waals surface area (Å²) < 4.78 is 25.7. The number of rotatable bonds is 5. The fourth-order valence-corrected chi connectivity index (χ4v) is 2.94. The van der Waals surface area contributed by atoms with E-state index >= 15 is 0 Å². The van der Waals surface area contributed by atoms with Crippen LogP contribution < -0.4 is 11.2 Å². The van der Waals surface area contributed by atoms with Crippen LogP contribution in [0.15, 0.2) is 21.9 Å². The van der Waals surface area contributed by atoms with Gasteiger partial charge in [0.2, 0.25) is 0 Å². The van der Waals surface area contributed by atoms with Crippen molar-refractivity contribution in [2.45, 2.75) is 12.3 Å². The number of hydrogen-bond donors (Lipinski definition) is 1. The molecule has 0 radical (unpaired) electrons. The van der Waals surface area contributed by atoms with Gasteiger partial charge in [-0.2, -0.15) is 0 Å². The predicted octanol–water partition coefficient (Wildman–Crippen LogP) is 0.291. The van der Waals surface area contributed by atoms with Crippen LogP contribution in [0.3, 0.4) is 0 Å². The second kappa shape index (κ2) is 7.29. The topological polar surface area (TPSA) is 96.9 Å². The van der Waals surface area contributed by atoms with Gasteiger partial charge in [-0.05, 0) is 32.4 Å². The predicted molar refractivity (Wildman–Crippen MR) is 85.8 cm³/mol. The van der Waals surface area contributed by atoms with Gasteiger partial charge in [-0.1, -0.05) is 0 Å². The van der Waals surface area contributed by atoms with E-state index in [1.165, 1.54) is 21.5 Å². The number of hydrogen-bond acceptors (Lipinski definition) is 6. The molecule has 2 unspecified atom stereocenters. The second-order valence-corrected chi connectivity index (χ2v) is 8.79. The third-order valence-corrected chi connectivity index (χ3v) is 6.01. The molecule has 11 heteroatoms. The van der Waals surface area contributed by atoms with E-state index in [9.17, 15) is 14.2 Å². The smallest absolute Gasteiger partial charge is 0.350 e. The molecule has 0 spiro atoms. The first-order valence-electron chi connectivity index (χ1n) is 6.96. The van der Waals surface area contributed by atoms with Crippen LogP contribution in [0, 0.1) is 0 Å². The Kier molecular flexibility index (Phi) is 5.83. The maximum Gasteiger partial charge on any atom is 0.362 e. The van der Waals surface area contributed by atoms with Crippen molar-refractivity contribution in [3.63, 3.8) is 0 Å². The summed E-state index contributed by atoms with van der Waals surface area (Å²) in [6, 6.07) is 1.25. The third kappa shape index (κ3) is 4.76. The molecule has 3 atom stereocenters. The molecule has 0 aromatic carbocycles. The first kappa shape index (κ1) is 18.4. The molecule has 0 aliphatic carbocycles. The Labute approximate surface area is 138 Å². The second-order valence-electron chi connectivity index (χ2n) is 5.55. The lowest BCUT2D eigenvalue weighted by molar-refractivity contribution is -0.127. The van der Waals surface area contributed by atoms with Gasteiger partial charge in [0.15, 0.2) is 6.23 Å². The fourth-order valence-electron chi connectivity index (χ4n) is 2.19. The number of nitrogens with one attached hydrogen (secondary N) is 1. The summed E-state index contributed by atoms with van der Waals surface area (Å²) in [5.41, 5.74) is -1.02. The van der Waals surface area contributed by atoms with Crippen LogP contribution in [0.5, 0.6) is 0 Å². The zero-order valence-corrected chi connectivity index (χ0v) is 14.8. The highest BCUT2D eigenvalue weighted by atomic mass is 35.7. The minimum Gasteiger partial charge on any atom is -0.350 e. The molecule has 1 N–H and O–H groups in total. The Balaban J connectivity index is 2.09. The van der Waals surface area contributed by atoms with Crippen LogP contribution in [-0.4, -0.2) is 66.1 Å². The van der Waals surface area contributed by atoms with Gasteiger partial charge in [-0.25, -0.2) is 9.46 Å². The van der Waals surface area contributed by atoms with Gasteiger partial charge in [-0.15, -0.1) is 0 Å². The SMILES string of the molecule is CN1CC(n2ccc(=O)[nH]c2=O)O[C@H](COP(=O)(Cl)N(C)C)C1. The molecule has 0 bridgehead atoms. The molecular formula is C12H20ClN4O5P. The number of aromatic amines is 1. The van der Waals surface area contributed by atoms with E-state index in [0.29, 0.717) is 13.1 Å². The third-order valence-electron chi connectivity index (χ3n) is 3.39. The highest BCUT2D eigenvalue weighted by molar-refractivity contribution is 7.83. The van der Waals surface area contributed by atoms with E-state index in [0.717, 1.165) is 0 Å². The average Bonchev–Trinajstić information content (AvgIpc) is 2.44. The summed E-state index contributed by atoms with van der Waals surface area (Å²) in [6.45, 7) is -2.33. The number of morpholine rings is 1. The van der Waals surface area contributed by atoms with Crippen molar-refractivity contribution in [3.05, 3.63) is 33.1 Å². The molecule has 2 rings (SSSR count). The minimum absolute atomic E-state index is 0.0257. The van der Waals surface area contributed by atoms with Crippen LogP contribution >= 0.6 is 18.1 Å². The van der Waals surface area contributed by atoms with E-state index in [-0.39, 0.29) is 6.61 Å². The molecule has 9 nitrogen and oxygen atoms in total. The lowest BCUT2D eigenvalue weighted by Crippen LogP contribution is -2.48. The van der Waals surface area contributed by atoms with Gasteiger partial charge in [-0.3, -0.25) is 23.8 Å². The summed E-state index contributed by atoms with van der Waals surface area (Å²) in [6.07, 6.45) is 0.389. The normalized spacial score (nSPS) is 25.4. The Bertz CT molecular complexity index is 705. The monoisotopic (exact) mass is 366 g/mol. The Morgan fingerprint density at radius 2 is 2.17 bits per heavy atom. The van der Waals surface area contributed by atoms with Crippen molar-refractivity contribution in [2.24, 2.45) is 0 Å². The lowest BCUT2D eigenvalue weighted by Gasteiger charge is -2.36. The molecule has 23 heavy (non-hydrogen) atoms. The van der Waals surface area contributed by atoms with E-state index in [1.807, 2.05) is 11.9 Å². The summed E-state index contributed by atoms with van der Waals surface area (Å²) in [5, 5.41) is 0. The lowest BCUT2D eigenvalue weighted by atomic mass is 10.3. The Hall–Kier alpha value is -0.960. The molecule has 1 aliphatic rings. The Morgan fingerprint density at radius 3 is 2.78 bits per heavy atom. The quantitative estimate of drug-likeness (QED) is 0.748. The van der Waals surface area contributed by atoms with Crippen LogP contribution in [-0.2, 0) is 13.8 Å². The zero-order chi connectivity index (χ0) is 17.2. The maximum absolute atomic E-state index is 12.0. The molecule has 1 aliphatic heterocycles. The van der Waals surface area contributed by atoms with Gasteiger partial charge in [0.1, 0.15) is 0 Å². The van der Waals surface area contributed by atoms with Gasteiger partial charge < -0.3 is 9.26 Å². The van der Waals surface area contributed by atoms with Gasteiger partial charge in [0, 0.05) is 25.4 Å². The number of nitrogens with zero attached hydrogens (tertiary/aromatic N) is 3. The molecule has 2 heterocycles. The van der Waals surface area contributed by atoms with Crippen molar-refractivity contribution in [2.75, 3.05) is 40.8 Å². The largest absolute Gasteiger partial charge is 0.362 e. The first-order chi connectivity index (χ1) is 10.7. The molecule has 1 aromatic rings. The van der Waals surface area contributed by atoms with Gasteiger partial charge in [0.05, 0.1) is 12.7 Å². The summed E-state index contributed by atoms with van der Waals surface area (Å²) >= 11 is 5.82. The first-order valence-corrected chi connectivity index (χ1v) is 9.45. The van der Waals surface area contributed by atoms with Crippen molar-refractivity contribution in [1.29, 1.82) is 0 Å². The highest BCUT2D eigenvalue weighted by Crippen LogP contribution is 2.54. The summed E-state index contributed by atoms with van der Waals surface area (Å²) in [7, 11) is 4.99. The van der Waals surface area contributed by atoms with Crippen molar-refractivity contribution in [3.8, 4) is 0 Å². The minimum atomic E-state index is -3.37. The van der Waals surface area contributed by atoms with Crippen molar-refractivity contribution in [1.82, 2.24) is 19.1 Å². The number of halogens is 1. The average molecular weight is 367 g/mol. The van der Waals surface area contributed by atoms with Crippen molar-refractivity contribution < 1.29 is 13.8 Å². The number of ether oxygens (including phenoxy) is 1. The van der Waals surface area contributed by atoms with Gasteiger partial charge >= 0.3 is 12.6 Å².